The van der Waals surface area contributed by atoms with E-state index in [0.29, 0.717) is 23.4 Å². The maximum absolute atomic E-state index is 11.3. The van der Waals surface area contributed by atoms with Gasteiger partial charge in [-0.05, 0) is 6.42 Å². The van der Waals surface area contributed by atoms with Gasteiger partial charge in [-0.1, -0.05) is 11.6 Å². The van der Waals surface area contributed by atoms with Crippen LogP contribution in [0.5, 0.6) is 0 Å². The SMILES string of the molecule is Cn1nc(CN2CCC(n3cc(Cl)cn3)C2)[nH]c1=O. The summed E-state index contributed by atoms with van der Waals surface area (Å²) in [5, 5.41) is 9.04. The lowest BCUT2D eigenvalue weighted by atomic mass is 10.3. The number of nitrogens with zero attached hydrogens (tertiary/aromatic N) is 5. The van der Waals surface area contributed by atoms with Gasteiger partial charge >= 0.3 is 5.69 Å². The van der Waals surface area contributed by atoms with Crippen LogP contribution in [-0.4, -0.2) is 42.5 Å². The van der Waals surface area contributed by atoms with Crippen LogP contribution in [-0.2, 0) is 13.6 Å². The Morgan fingerprint density at radius 1 is 1.58 bits per heavy atom. The molecule has 1 saturated heterocycles. The summed E-state index contributed by atoms with van der Waals surface area (Å²) in [4.78, 5) is 16.3. The summed E-state index contributed by atoms with van der Waals surface area (Å²) in [6.45, 7) is 2.50. The molecule has 2 aromatic heterocycles. The second kappa shape index (κ2) is 4.82. The molecule has 0 bridgehead atoms. The first-order valence-corrected chi connectivity index (χ1v) is 6.54. The average molecular weight is 283 g/mol. The fourth-order valence-electron chi connectivity index (χ4n) is 2.43. The van der Waals surface area contributed by atoms with Crippen molar-refractivity contribution in [2.75, 3.05) is 13.1 Å². The van der Waals surface area contributed by atoms with Gasteiger partial charge in [0.25, 0.3) is 0 Å². The Hall–Kier alpha value is -1.60. The van der Waals surface area contributed by atoms with Gasteiger partial charge in [-0.2, -0.15) is 10.2 Å². The van der Waals surface area contributed by atoms with E-state index in [9.17, 15) is 4.79 Å². The summed E-state index contributed by atoms with van der Waals surface area (Å²) < 4.78 is 3.22. The van der Waals surface area contributed by atoms with Gasteiger partial charge in [0.05, 0.1) is 23.8 Å². The van der Waals surface area contributed by atoms with E-state index in [1.807, 2.05) is 10.9 Å². The smallest absolute Gasteiger partial charge is 0.294 e. The van der Waals surface area contributed by atoms with E-state index < -0.39 is 0 Å². The molecule has 0 saturated carbocycles. The number of halogens is 1. The Balaban J connectivity index is 1.64. The molecule has 1 N–H and O–H groups in total. The fraction of sp³-hybridized carbons (Fsp3) is 0.545. The lowest BCUT2D eigenvalue weighted by Crippen LogP contribution is -2.22. The van der Waals surface area contributed by atoms with E-state index >= 15 is 0 Å². The Morgan fingerprint density at radius 2 is 2.42 bits per heavy atom. The predicted octanol–water partition coefficient (Wildman–Crippen LogP) is 0.405. The molecule has 0 spiro atoms. The number of hydrogen-bond donors (Lipinski definition) is 1. The van der Waals surface area contributed by atoms with Crippen LogP contribution in [0.1, 0.15) is 18.3 Å². The highest BCUT2D eigenvalue weighted by Crippen LogP contribution is 2.22. The van der Waals surface area contributed by atoms with Gasteiger partial charge in [0.2, 0.25) is 0 Å². The van der Waals surface area contributed by atoms with E-state index in [1.165, 1.54) is 4.68 Å². The van der Waals surface area contributed by atoms with E-state index in [1.54, 1.807) is 13.2 Å². The van der Waals surface area contributed by atoms with Gasteiger partial charge in [0.1, 0.15) is 5.82 Å². The minimum absolute atomic E-state index is 0.176. The van der Waals surface area contributed by atoms with Crippen LogP contribution >= 0.6 is 11.6 Å². The van der Waals surface area contributed by atoms with Gasteiger partial charge in [-0.15, -0.1) is 0 Å². The third-order valence-electron chi connectivity index (χ3n) is 3.38. The molecule has 102 valence electrons. The number of nitrogens with one attached hydrogen (secondary N) is 1. The molecule has 1 unspecified atom stereocenters. The molecule has 1 aliphatic heterocycles. The number of likely N-dealkylation sites (tertiary alicyclic amines) is 1. The molecule has 2 aromatic rings. The van der Waals surface area contributed by atoms with Crippen molar-refractivity contribution in [1.29, 1.82) is 0 Å². The molecular formula is C11H15ClN6O. The molecule has 0 radical (unpaired) electrons. The summed E-state index contributed by atoms with van der Waals surface area (Å²) in [7, 11) is 1.64. The molecule has 0 amide bonds. The molecular weight excluding hydrogens is 268 g/mol. The van der Waals surface area contributed by atoms with E-state index in [0.717, 1.165) is 19.5 Å². The lowest BCUT2D eigenvalue weighted by molar-refractivity contribution is 0.304. The first-order chi connectivity index (χ1) is 9.11. The highest BCUT2D eigenvalue weighted by Gasteiger charge is 2.25. The van der Waals surface area contributed by atoms with Gasteiger partial charge < -0.3 is 0 Å². The van der Waals surface area contributed by atoms with Crippen LogP contribution in [0.4, 0.5) is 0 Å². The minimum atomic E-state index is -0.176. The Morgan fingerprint density at radius 3 is 3.05 bits per heavy atom. The van der Waals surface area contributed by atoms with E-state index in [-0.39, 0.29) is 5.69 Å². The van der Waals surface area contributed by atoms with Crippen molar-refractivity contribution < 1.29 is 0 Å². The minimum Gasteiger partial charge on any atom is -0.294 e. The van der Waals surface area contributed by atoms with Gasteiger partial charge in [0, 0.05) is 26.3 Å². The predicted molar refractivity (Wildman–Crippen MR) is 70.0 cm³/mol. The lowest BCUT2D eigenvalue weighted by Gasteiger charge is -2.14. The van der Waals surface area contributed by atoms with Crippen LogP contribution in [0.15, 0.2) is 17.2 Å². The zero-order valence-corrected chi connectivity index (χ0v) is 11.3. The maximum Gasteiger partial charge on any atom is 0.343 e. The zero-order chi connectivity index (χ0) is 13.4. The normalized spacial score (nSPS) is 20.2. The number of H-pyrrole nitrogens is 1. The van der Waals surface area contributed by atoms with Gasteiger partial charge in [0.15, 0.2) is 0 Å². The van der Waals surface area contributed by atoms with Gasteiger partial charge in [-0.25, -0.2) is 9.48 Å². The van der Waals surface area contributed by atoms with Crippen molar-refractivity contribution in [3.63, 3.8) is 0 Å². The van der Waals surface area contributed by atoms with E-state index in [2.05, 4.69) is 20.1 Å². The number of hydrogen-bond acceptors (Lipinski definition) is 4. The molecule has 8 heteroatoms. The molecule has 1 atom stereocenters. The van der Waals surface area contributed by atoms with Crippen molar-refractivity contribution in [2.24, 2.45) is 7.05 Å². The molecule has 0 aliphatic carbocycles. The molecule has 1 aliphatic rings. The third-order valence-corrected chi connectivity index (χ3v) is 3.58. The van der Waals surface area contributed by atoms with Crippen LogP contribution in [0, 0.1) is 0 Å². The van der Waals surface area contributed by atoms with Crippen molar-refractivity contribution in [3.8, 4) is 0 Å². The number of aromatic amines is 1. The maximum atomic E-state index is 11.3. The highest BCUT2D eigenvalue weighted by atomic mass is 35.5. The average Bonchev–Trinajstić information content (AvgIpc) is 3.03. The molecule has 3 rings (SSSR count). The first kappa shape index (κ1) is 12.4. The highest BCUT2D eigenvalue weighted by molar-refractivity contribution is 6.30. The summed E-state index contributed by atoms with van der Waals surface area (Å²) in [5.74, 6) is 0.701. The Kier molecular flexibility index (Phi) is 3.16. The number of aromatic nitrogens is 5. The molecule has 3 heterocycles. The quantitative estimate of drug-likeness (QED) is 0.885. The summed E-state index contributed by atoms with van der Waals surface area (Å²) >= 11 is 5.88. The Bertz CT molecular complexity index is 629. The van der Waals surface area contributed by atoms with Crippen LogP contribution in [0.2, 0.25) is 5.02 Å². The van der Waals surface area contributed by atoms with Gasteiger partial charge in [-0.3, -0.25) is 14.6 Å². The fourth-order valence-corrected chi connectivity index (χ4v) is 2.57. The standard InChI is InChI=1S/C11H15ClN6O/c1-16-11(19)14-10(15-16)7-17-3-2-9(6-17)18-5-8(12)4-13-18/h4-5,9H,2-3,6-7H2,1H3,(H,14,15,19). The largest absolute Gasteiger partial charge is 0.343 e. The second-order valence-electron chi connectivity index (χ2n) is 4.82. The Labute approximate surface area is 114 Å². The summed E-state index contributed by atoms with van der Waals surface area (Å²) in [6.07, 6.45) is 4.52. The summed E-state index contributed by atoms with van der Waals surface area (Å²) in [6, 6.07) is 0.336. The second-order valence-corrected chi connectivity index (χ2v) is 5.25. The van der Waals surface area contributed by atoms with Crippen molar-refractivity contribution in [1.82, 2.24) is 29.4 Å². The number of rotatable bonds is 3. The van der Waals surface area contributed by atoms with E-state index in [4.69, 9.17) is 11.6 Å². The molecule has 7 nitrogen and oxygen atoms in total. The van der Waals surface area contributed by atoms with Crippen LogP contribution in [0.25, 0.3) is 0 Å². The third kappa shape index (κ3) is 2.57. The van der Waals surface area contributed by atoms with Crippen molar-refractivity contribution in [3.05, 3.63) is 33.7 Å². The summed E-state index contributed by atoms with van der Waals surface area (Å²) in [5.41, 5.74) is -0.176. The van der Waals surface area contributed by atoms with Crippen LogP contribution < -0.4 is 5.69 Å². The first-order valence-electron chi connectivity index (χ1n) is 6.16. The zero-order valence-electron chi connectivity index (χ0n) is 10.6. The molecule has 19 heavy (non-hydrogen) atoms. The topological polar surface area (TPSA) is 71.7 Å². The molecule has 0 aromatic carbocycles. The number of aryl methyl sites for hydroxylation is 1. The molecule has 1 fully saturated rings. The van der Waals surface area contributed by atoms with Crippen LogP contribution in [0.3, 0.4) is 0 Å². The van der Waals surface area contributed by atoms with Crippen molar-refractivity contribution >= 4 is 11.6 Å². The monoisotopic (exact) mass is 282 g/mol. The van der Waals surface area contributed by atoms with Crippen molar-refractivity contribution in [2.45, 2.75) is 19.0 Å².